The zero-order valence-electron chi connectivity index (χ0n) is 7.63. The van der Waals surface area contributed by atoms with Crippen molar-refractivity contribution in [3.8, 4) is 0 Å². The van der Waals surface area contributed by atoms with E-state index in [1.54, 1.807) is 6.08 Å². The summed E-state index contributed by atoms with van der Waals surface area (Å²) >= 11 is 0. The number of nitrogens with zero attached hydrogens (tertiary/aromatic N) is 1. The number of allylic oxidation sites excluding steroid dienone is 1. The Morgan fingerprint density at radius 2 is 1.92 bits per heavy atom. The molecule has 0 unspecified atom stereocenters. The SMILES string of the molecule is [CH2-]C=CNCN1CCCCC1.[Y]. The predicted molar refractivity (Wildman–Crippen MR) is 47.9 cm³/mol. The molecule has 2 nitrogen and oxygen atoms in total. The molecular weight excluding hydrogens is 225 g/mol. The number of hydrogen-bond acceptors (Lipinski definition) is 2. The molecular formula is C9H17N2Y-. The van der Waals surface area contributed by atoms with Crippen molar-refractivity contribution in [2.45, 2.75) is 19.3 Å². The van der Waals surface area contributed by atoms with Crippen LogP contribution in [0.15, 0.2) is 12.3 Å². The van der Waals surface area contributed by atoms with Gasteiger partial charge in [-0.25, -0.2) is 13.0 Å². The Morgan fingerprint density at radius 3 is 2.50 bits per heavy atom. The van der Waals surface area contributed by atoms with Gasteiger partial charge in [-0.2, -0.15) is 6.20 Å². The third-order valence-corrected chi connectivity index (χ3v) is 2.00. The maximum Gasteiger partial charge on any atom is 0.0522 e. The van der Waals surface area contributed by atoms with Crippen molar-refractivity contribution in [3.63, 3.8) is 0 Å². The van der Waals surface area contributed by atoms with Crippen LogP contribution in [0, 0.1) is 6.92 Å². The maximum absolute atomic E-state index is 3.61. The fourth-order valence-electron chi connectivity index (χ4n) is 1.38. The minimum Gasteiger partial charge on any atom is -0.456 e. The molecule has 1 saturated heterocycles. The van der Waals surface area contributed by atoms with Crippen LogP contribution < -0.4 is 5.32 Å². The van der Waals surface area contributed by atoms with Gasteiger partial charge < -0.3 is 5.32 Å². The van der Waals surface area contributed by atoms with Crippen LogP contribution in [0.1, 0.15) is 19.3 Å². The summed E-state index contributed by atoms with van der Waals surface area (Å²) in [6.45, 7) is 7.08. The second-order valence-electron chi connectivity index (χ2n) is 2.94. The van der Waals surface area contributed by atoms with E-state index in [1.807, 2.05) is 6.20 Å². The van der Waals surface area contributed by atoms with E-state index in [2.05, 4.69) is 17.1 Å². The third-order valence-electron chi connectivity index (χ3n) is 2.00. The van der Waals surface area contributed by atoms with Gasteiger partial charge in [0.2, 0.25) is 0 Å². The molecule has 1 heterocycles. The van der Waals surface area contributed by atoms with E-state index in [-0.39, 0.29) is 32.7 Å². The van der Waals surface area contributed by atoms with Gasteiger partial charge in [-0.1, -0.05) is 6.42 Å². The number of likely N-dealkylation sites (tertiary alicyclic amines) is 1. The number of nitrogens with one attached hydrogen (secondary N) is 1. The Kier molecular flexibility index (Phi) is 8.41. The van der Waals surface area contributed by atoms with Crippen LogP contribution in [-0.4, -0.2) is 24.7 Å². The van der Waals surface area contributed by atoms with Crippen LogP contribution >= 0.6 is 0 Å². The molecule has 0 aromatic rings. The smallest absolute Gasteiger partial charge is 0.0522 e. The van der Waals surface area contributed by atoms with Crippen molar-refractivity contribution in [1.82, 2.24) is 10.2 Å². The molecule has 0 aromatic heterocycles. The molecule has 0 bridgehead atoms. The van der Waals surface area contributed by atoms with Gasteiger partial charge in [0.25, 0.3) is 0 Å². The fraction of sp³-hybridized carbons (Fsp3) is 0.667. The summed E-state index contributed by atoms with van der Waals surface area (Å²) in [7, 11) is 0. The van der Waals surface area contributed by atoms with Gasteiger partial charge in [-0.05, 0) is 25.9 Å². The fourth-order valence-corrected chi connectivity index (χ4v) is 1.38. The Morgan fingerprint density at radius 1 is 1.25 bits per heavy atom. The molecule has 0 amide bonds. The first kappa shape index (κ1) is 12.5. The molecule has 12 heavy (non-hydrogen) atoms. The summed E-state index contributed by atoms with van der Waals surface area (Å²) < 4.78 is 0. The van der Waals surface area contributed by atoms with Crippen molar-refractivity contribution < 1.29 is 32.7 Å². The summed E-state index contributed by atoms with van der Waals surface area (Å²) in [5.74, 6) is 0. The van der Waals surface area contributed by atoms with Gasteiger partial charge in [-0.15, -0.1) is 0 Å². The zero-order chi connectivity index (χ0) is 7.94. The Bertz CT molecular complexity index is 120. The van der Waals surface area contributed by atoms with Crippen molar-refractivity contribution in [2.24, 2.45) is 0 Å². The van der Waals surface area contributed by atoms with Crippen molar-refractivity contribution in [2.75, 3.05) is 19.8 Å². The minimum atomic E-state index is 0. The maximum atomic E-state index is 3.61. The Labute approximate surface area is 101 Å². The average Bonchev–Trinajstić information content (AvgIpc) is 2.07. The van der Waals surface area contributed by atoms with Crippen LogP contribution in [-0.2, 0) is 32.7 Å². The first-order chi connectivity index (χ1) is 5.43. The number of rotatable bonds is 3. The van der Waals surface area contributed by atoms with Crippen molar-refractivity contribution >= 4 is 0 Å². The van der Waals surface area contributed by atoms with E-state index in [0.717, 1.165) is 6.67 Å². The van der Waals surface area contributed by atoms with Crippen LogP contribution in [0.4, 0.5) is 0 Å². The summed E-state index contributed by atoms with van der Waals surface area (Å²) in [6, 6.07) is 0. The molecule has 0 spiro atoms. The van der Waals surface area contributed by atoms with E-state index in [1.165, 1.54) is 32.4 Å². The van der Waals surface area contributed by atoms with Crippen molar-refractivity contribution in [1.29, 1.82) is 0 Å². The summed E-state index contributed by atoms with van der Waals surface area (Å²) in [5.41, 5.74) is 0. The van der Waals surface area contributed by atoms with Gasteiger partial charge >= 0.3 is 0 Å². The van der Waals surface area contributed by atoms with E-state index in [9.17, 15) is 0 Å². The first-order valence-corrected chi connectivity index (χ1v) is 4.33. The van der Waals surface area contributed by atoms with Crippen molar-refractivity contribution in [3.05, 3.63) is 19.2 Å². The molecule has 0 aliphatic carbocycles. The second-order valence-corrected chi connectivity index (χ2v) is 2.94. The Balaban J connectivity index is 0.00000121. The zero-order valence-corrected chi connectivity index (χ0v) is 10.5. The normalized spacial score (nSPS) is 19.0. The molecule has 1 rings (SSSR count). The first-order valence-electron chi connectivity index (χ1n) is 4.33. The summed E-state index contributed by atoms with van der Waals surface area (Å²) in [4.78, 5) is 2.43. The average molecular weight is 242 g/mol. The largest absolute Gasteiger partial charge is 0.456 e. The van der Waals surface area contributed by atoms with E-state index in [4.69, 9.17) is 0 Å². The van der Waals surface area contributed by atoms with Gasteiger partial charge in [-0.3, -0.25) is 4.90 Å². The molecule has 1 aliphatic heterocycles. The molecule has 3 heteroatoms. The molecule has 1 aliphatic rings. The monoisotopic (exact) mass is 242 g/mol. The van der Waals surface area contributed by atoms with Gasteiger partial charge in [0, 0.05) is 32.7 Å². The third kappa shape index (κ3) is 5.18. The van der Waals surface area contributed by atoms with Gasteiger partial charge in [0.15, 0.2) is 0 Å². The molecule has 1 N–H and O–H groups in total. The predicted octanol–water partition coefficient (Wildman–Crippen LogP) is 1.36. The molecule has 67 valence electrons. The van der Waals surface area contributed by atoms with E-state index >= 15 is 0 Å². The molecule has 0 saturated carbocycles. The van der Waals surface area contributed by atoms with E-state index < -0.39 is 0 Å². The number of piperidine rings is 1. The van der Waals surface area contributed by atoms with Gasteiger partial charge in [0.05, 0.1) is 6.67 Å². The molecule has 1 fully saturated rings. The standard InChI is InChI=1S/C9H17N2.Y/c1-2-6-10-9-11-7-4-3-5-8-11;/h2,6,10H,1,3-5,7-9H2;/q-1;. The molecule has 1 radical (unpaired) electrons. The molecule has 0 aromatic carbocycles. The quantitative estimate of drug-likeness (QED) is 0.752. The minimum absolute atomic E-state index is 0. The van der Waals surface area contributed by atoms with Crippen LogP contribution in [0.2, 0.25) is 0 Å². The second kappa shape index (κ2) is 8.09. The van der Waals surface area contributed by atoms with Gasteiger partial charge in [0.1, 0.15) is 0 Å². The summed E-state index contributed by atoms with van der Waals surface area (Å²) in [6.07, 6.45) is 7.80. The van der Waals surface area contributed by atoms with Crippen LogP contribution in [0.3, 0.4) is 0 Å². The number of hydrogen-bond donors (Lipinski definition) is 1. The van der Waals surface area contributed by atoms with E-state index in [0.29, 0.717) is 0 Å². The summed E-state index contributed by atoms with van der Waals surface area (Å²) in [5, 5.41) is 3.19. The van der Waals surface area contributed by atoms with Crippen LogP contribution in [0.5, 0.6) is 0 Å². The molecule has 0 atom stereocenters. The van der Waals surface area contributed by atoms with Crippen LogP contribution in [0.25, 0.3) is 0 Å². The topological polar surface area (TPSA) is 15.3 Å². The Hall–Kier alpha value is 0.474.